The number of aromatic nitrogens is 4. The molecule has 0 saturated heterocycles. The fourth-order valence-corrected chi connectivity index (χ4v) is 2.67. The molecule has 0 aliphatic rings. The molecule has 0 bridgehead atoms. The number of methoxy groups -OCH3 is 2. The SMILES string of the molecule is CCCNc1nc(N)nc2cn(Cc3c(OC)cccc3OC)nc12. The van der Waals surface area contributed by atoms with Gasteiger partial charge in [0.15, 0.2) is 11.3 Å². The van der Waals surface area contributed by atoms with Crippen molar-refractivity contribution >= 4 is 22.8 Å². The Kier molecular flexibility index (Phi) is 4.87. The fraction of sp³-hybridized carbons (Fsp3) is 0.353. The molecule has 0 atom stereocenters. The highest BCUT2D eigenvalue weighted by Gasteiger charge is 2.14. The minimum absolute atomic E-state index is 0.223. The summed E-state index contributed by atoms with van der Waals surface area (Å²) >= 11 is 0. The van der Waals surface area contributed by atoms with E-state index in [1.807, 2.05) is 24.4 Å². The number of hydrogen-bond acceptors (Lipinski definition) is 7. The molecule has 0 fully saturated rings. The van der Waals surface area contributed by atoms with Gasteiger partial charge in [-0.05, 0) is 18.6 Å². The van der Waals surface area contributed by atoms with E-state index in [1.54, 1.807) is 18.9 Å². The monoisotopic (exact) mass is 342 g/mol. The molecular formula is C17H22N6O2. The summed E-state index contributed by atoms with van der Waals surface area (Å²) in [4.78, 5) is 8.53. The van der Waals surface area contributed by atoms with E-state index < -0.39 is 0 Å². The first-order valence-corrected chi connectivity index (χ1v) is 8.10. The van der Waals surface area contributed by atoms with Gasteiger partial charge >= 0.3 is 0 Å². The molecule has 3 N–H and O–H groups in total. The number of nitrogens with two attached hydrogens (primary N) is 1. The number of rotatable bonds is 7. The summed E-state index contributed by atoms with van der Waals surface area (Å²) in [6.07, 6.45) is 2.82. The van der Waals surface area contributed by atoms with E-state index in [2.05, 4.69) is 27.3 Å². The van der Waals surface area contributed by atoms with Crippen LogP contribution >= 0.6 is 0 Å². The van der Waals surface area contributed by atoms with Crippen molar-refractivity contribution in [2.45, 2.75) is 19.9 Å². The number of anilines is 2. The lowest BCUT2D eigenvalue weighted by molar-refractivity contribution is 0.382. The van der Waals surface area contributed by atoms with Crippen LogP contribution in [0, 0.1) is 0 Å². The first-order valence-electron chi connectivity index (χ1n) is 8.10. The van der Waals surface area contributed by atoms with Crippen LogP contribution in [0.2, 0.25) is 0 Å². The average Bonchev–Trinajstić information content (AvgIpc) is 3.02. The number of fused-ring (bicyclic) bond motifs is 1. The predicted octanol–water partition coefficient (Wildman–Crippen LogP) is 2.30. The third kappa shape index (κ3) is 3.42. The molecule has 2 aromatic heterocycles. The minimum atomic E-state index is 0.223. The summed E-state index contributed by atoms with van der Waals surface area (Å²) in [5, 5.41) is 7.86. The average molecular weight is 342 g/mol. The van der Waals surface area contributed by atoms with Crippen molar-refractivity contribution in [1.29, 1.82) is 0 Å². The maximum Gasteiger partial charge on any atom is 0.222 e. The van der Waals surface area contributed by atoms with E-state index in [1.165, 1.54) is 0 Å². The number of nitrogens with zero attached hydrogens (tertiary/aromatic N) is 4. The summed E-state index contributed by atoms with van der Waals surface area (Å²) in [6, 6.07) is 5.68. The smallest absolute Gasteiger partial charge is 0.222 e. The molecule has 1 aromatic carbocycles. The third-order valence-corrected chi connectivity index (χ3v) is 3.82. The summed E-state index contributed by atoms with van der Waals surface area (Å²) in [5.74, 6) is 2.36. The molecular weight excluding hydrogens is 320 g/mol. The Bertz CT molecular complexity index is 855. The molecule has 8 heteroatoms. The van der Waals surface area contributed by atoms with Gasteiger partial charge in [0.05, 0.1) is 32.5 Å². The molecule has 0 unspecified atom stereocenters. The number of nitrogens with one attached hydrogen (secondary N) is 1. The topological polar surface area (TPSA) is 100 Å². The Balaban J connectivity index is 2.01. The quantitative estimate of drug-likeness (QED) is 0.679. The maximum absolute atomic E-state index is 5.81. The van der Waals surface area contributed by atoms with Gasteiger partial charge in [-0.3, -0.25) is 4.68 Å². The van der Waals surface area contributed by atoms with Gasteiger partial charge in [0.25, 0.3) is 0 Å². The lowest BCUT2D eigenvalue weighted by Crippen LogP contribution is -2.06. The standard InChI is InChI=1S/C17H22N6O2/c1-4-8-19-16-15-12(20-17(18)21-16)10-23(22-15)9-11-13(24-2)6-5-7-14(11)25-3/h5-7,10H,4,8-9H2,1-3H3,(H3,18,19,20,21). The molecule has 132 valence electrons. The molecule has 0 aliphatic heterocycles. The van der Waals surface area contributed by atoms with Crippen molar-refractivity contribution in [3.8, 4) is 11.5 Å². The Hall–Kier alpha value is -3.03. The molecule has 25 heavy (non-hydrogen) atoms. The van der Waals surface area contributed by atoms with Gasteiger partial charge in [-0.2, -0.15) is 10.1 Å². The van der Waals surface area contributed by atoms with Crippen molar-refractivity contribution in [1.82, 2.24) is 19.7 Å². The van der Waals surface area contributed by atoms with Gasteiger partial charge in [-0.15, -0.1) is 0 Å². The molecule has 3 rings (SSSR count). The van der Waals surface area contributed by atoms with Crippen LogP contribution in [0.1, 0.15) is 18.9 Å². The van der Waals surface area contributed by atoms with Gasteiger partial charge in [0, 0.05) is 6.54 Å². The first kappa shape index (κ1) is 16.8. The number of benzene rings is 1. The van der Waals surface area contributed by atoms with Gasteiger partial charge in [-0.25, -0.2) is 4.98 Å². The second-order valence-corrected chi connectivity index (χ2v) is 5.56. The van der Waals surface area contributed by atoms with Crippen LogP contribution in [0.3, 0.4) is 0 Å². The van der Waals surface area contributed by atoms with Gasteiger partial charge in [-0.1, -0.05) is 13.0 Å². The van der Waals surface area contributed by atoms with Crippen LogP contribution in [-0.4, -0.2) is 40.5 Å². The zero-order valence-electron chi connectivity index (χ0n) is 14.6. The molecule has 0 amide bonds. The van der Waals surface area contributed by atoms with E-state index in [0.29, 0.717) is 23.4 Å². The van der Waals surface area contributed by atoms with Crippen LogP contribution in [0.5, 0.6) is 11.5 Å². The number of nitrogen functional groups attached to an aromatic ring is 1. The third-order valence-electron chi connectivity index (χ3n) is 3.82. The maximum atomic E-state index is 5.81. The van der Waals surface area contributed by atoms with Crippen LogP contribution in [-0.2, 0) is 6.54 Å². The van der Waals surface area contributed by atoms with Crippen molar-refractivity contribution in [2.75, 3.05) is 31.8 Å². The molecule has 2 heterocycles. The zero-order valence-corrected chi connectivity index (χ0v) is 14.6. The van der Waals surface area contributed by atoms with Crippen molar-refractivity contribution < 1.29 is 9.47 Å². The lowest BCUT2D eigenvalue weighted by atomic mass is 10.1. The lowest BCUT2D eigenvalue weighted by Gasteiger charge is -2.12. The van der Waals surface area contributed by atoms with Crippen molar-refractivity contribution in [3.05, 3.63) is 30.0 Å². The Morgan fingerprint density at radius 3 is 2.52 bits per heavy atom. The van der Waals surface area contributed by atoms with E-state index >= 15 is 0 Å². The van der Waals surface area contributed by atoms with Crippen LogP contribution in [0.25, 0.3) is 11.0 Å². The highest BCUT2D eigenvalue weighted by atomic mass is 16.5. The van der Waals surface area contributed by atoms with E-state index in [9.17, 15) is 0 Å². The largest absolute Gasteiger partial charge is 0.496 e. The van der Waals surface area contributed by atoms with Gasteiger partial charge < -0.3 is 20.5 Å². The van der Waals surface area contributed by atoms with E-state index in [0.717, 1.165) is 30.0 Å². The fourth-order valence-electron chi connectivity index (χ4n) is 2.67. The molecule has 8 nitrogen and oxygen atoms in total. The van der Waals surface area contributed by atoms with Crippen LogP contribution in [0.15, 0.2) is 24.4 Å². The van der Waals surface area contributed by atoms with Crippen molar-refractivity contribution in [3.63, 3.8) is 0 Å². The normalized spacial score (nSPS) is 10.8. The Labute approximate surface area is 146 Å². The Morgan fingerprint density at radius 2 is 1.88 bits per heavy atom. The molecule has 0 aliphatic carbocycles. The minimum Gasteiger partial charge on any atom is -0.496 e. The van der Waals surface area contributed by atoms with E-state index in [4.69, 9.17) is 15.2 Å². The summed E-state index contributed by atoms with van der Waals surface area (Å²) < 4.78 is 12.7. The van der Waals surface area contributed by atoms with Gasteiger partial charge in [0.2, 0.25) is 5.95 Å². The second kappa shape index (κ2) is 7.25. The molecule has 3 aromatic rings. The van der Waals surface area contributed by atoms with Crippen molar-refractivity contribution in [2.24, 2.45) is 0 Å². The summed E-state index contributed by atoms with van der Waals surface area (Å²) in [6.45, 7) is 3.36. The van der Waals surface area contributed by atoms with E-state index in [-0.39, 0.29) is 5.95 Å². The predicted molar refractivity (Wildman–Crippen MR) is 97.2 cm³/mol. The van der Waals surface area contributed by atoms with Crippen LogP contribution in [0.4, 0.5) is 11.8 Å². The summed E-state index contributed by atoms with van der Waals surface area (Å²) in [7, 11) is 3.27. The van der Waals surface area contributed by atoms with Crippen LogP contribution < -0.4 is 20.5 Å². The second-order valence-electron chi connectivity index (χ2n) is 5.56. The molecule has 0 spiro atoms. The number of hydrogen-bond donors (Lipinski definition) is 2. The first-order chi connectivity index (χ1) is 12.2. The highest BCUT2D eigenvalue weighted by Crippen LogP contribution is 2.29. The summed E-state index contributed by atoms with van der Waals surface area (Å²) in [5.41, 5.74) is 8.10. The molecule has 0 saturated carbocycles. The zero-order chi connectivity index (χ0) is 17.8. The molecule has 0 radical (unpaired) electrons. The highest BCUT2D eigenvalue weighted by molar-refractivity contribution is 5.85. The van der Waals surface area contributed by atoms with Gasteiger partial charge in [0.1, 0.15) is 17.0 Å². The Morgan fingerprint density at radius 1 is 1.16 bits per heavy atom. The number of ether oxygens (including phenoxy) is 2.